The van der Waals surface area contributed by atoms with Gasteiger partial charge < -0.3 is 11.1 Å². The van der Waals surface area contributed by atoms with Crippen LogP contribution in [0.15, 0.2) is 36.4 Å². The first kappa shape index (κ1) is 13.7. The Hall–Kier alpha value is -1.72. The van der Waals surface area contributed by atoms with E-state index >= 15 is 0 Å². The second kappa shape index (κ2) is 5.50. The Morgan fingerprint density at radius 2 is 1.89 bits per heavy atom. The summed E-state index contributed by atoms with van der Waals surface area (Å²) in [6, 6.07) is 8.18. The summed E-state index contributed by atoms with van der Waals surface area (Å²) < 4.78 is 26.4. The molecule has 0 spiro atoms. The minimum atomic E-state index is -0.714. The first-order valence-corrected chi connectivity index (χ1v) is 6.08. The minimum Gasteiger partial charge on any atom is -0.389 e. The first-order chi connectivity index (χ1) is 8.99. The fraction of sp³-hybridized carbons (Fsp3) is 0. The standard InChI is InChI=1S/C13H9ClF2N2S/c14-8-2-1-3-11(12(8)13(17)19)18-10-5-4-7(15)6-9(10)16/h1-6,18H,(H2,17,19). The number of nitrogens with one attached hydrogen (secondary N) is 1. The van der Waals surface area contributed by atoms with Crippen molar-refractivity contribution in [3.63, 3.8) is 0 Å². The molecule has 0 amide bonds. The fourth-order valence-electron chi connectivity index (χ4n) is 1.61. The van der Waals surface area contributed by atoms with Gasteiger partial charge in [-0.3, -0.25) is 0 Å². The molecule has 0 aliphatic heterocycles. The van der Waals surface area contributed by atoms with Gasteiger partial charge in [0, 0.05) is 6.07 Å². The molecule has 0 atom stereocenters. The van der Waals surface area contributed by atoms with Gasteiger partial charge in [-0.15, -0.1) is 0 Å². The van der Waals surface area contributed by atoms with Crippen molar-refractivity contribution in [1.82, 2.24) is 0 Å². The number of rotatable bonds is 3. The molecule has 0 heterocycles. The molecule has 0 bridgehead atoms. The van der Waals surface area contributed by atoms with Crippen LogP contribution >= 0.6 is 23.8 Å². The molecule has 2 rings (SSSR count). The summed E-state index contributed by atoms with van der Waals surface area (Å²) in [6.45, 7) is 0. The molecule has 3 N–H and O–H groups in total. The summed E-state index contributed by atoms with van der Waals surface area (Å²) in [5.74, 6) is -1.36. The summed E-state index contributed by atoms with van der Waals surface area (Å²) in [7, 11) is 0. The first-order valence-electron chi connectivity index (χ1n) is 5.29. The van der Waals surface area contributed by atoms with Gasteiger partial charge in [0.15, 0.2) is 0 Å². The van der Waals surface area contributed by atoms with Crippen LogP contribution in [0.4, 0.5) is 20.2 Å². The molecule has 98 valence electrons. The van der Waals surface area contributed by atoms with E-state index in [1.807, 2.05) is 0 Å². The van der Waals surface area contributed by atoms with Crippen molar-refractivity contribution >= 4 is 40.2 Å². The van der Waals surface area contributed by atoms with Crippen LogP contribution in [0.2, 0.25) is 5.02 Å². The molecule has 0 fully saturated rings. The topological polar surface area (TPSA) is 38.0 Å². The number of thiocarbonyl (C=S) groups is 1. The highest BCUT2D eigenvalue weighted by Gasteiger charge is 2.11. The van der Waals surface area contributed by atoms with Gasteiger partial charge in [0.05, 0.1) is 22.0 Å². The van der Waals surface area contributed by atoms with Crippen LogP contribution in [0.25, 0.3) is 0 Å². The van der Waals surface area contributed by atoms with Crippen LogP contribution in [0.1, 0.15) is 5.56 Å². The molecular weight excluding hydrogens is 290 g/mol. The van der Waals surface area contributed by atoms with Crippen LogP contribution in [0, 0.1) is 11.6 Å². The zero-order valence-corrected chi connectivity index (χ0v) is 11.2. The Kier molecular flexibility index (Phi) is 3.97. The molecule has 0 aliphatic carbocycles. The van der Waals surface area contributed by atoms with Gasteiger partial charge in [-0.1, -0.05) is 29.9 Å². The van der Waals surface area contributed by atoms with Crippen LogP contribution in [-0.4, -0.2) is 4.99 Å². The molecule has 0 unspecified atom stereocenters. The Labute approximate surface area is 119 Å². The van der Waals surface area contributed by atoms with Crippen molar-refractivity contribution in [1.29, 1.82) is 0 Å². The molecular formula is C13H9ClF2N2S. The number of nitrogens with two attached hydrogens (primary N) is 1. The summed E-state index contributed by atoms with van der Waals surface area (Å²) in [4.78, 5) is 0.0932. The number of anilines is 2. The van der Waals surface area contributed by atoms with Crippen molar-refractivity contribution < 1.29 is 8.78 Å². The maximum atomic E-state index is 13.6. The van der Waals surface area contributed by atoms with Crippen molar-refractivity contribution in [2.45, 2.75) is 0 Å². The molecule has 0 aliphatic rings. The maximum Gasteiger partial charge on any atom is 0.149 e. The van der Waals surface area contributed by atoms with Gasteiger partial charge in [-0.25, -0.2) is 8.78 Å². The molecule has 2 aromatic carbocycles. The summed E-state index contributed by atoms with van der Waals surface area (Å²) in [6.07, 6.45) is 0. The molecule has 0 saturated heterocycles. The third-order valence-corrected chi connectivity index (χ3v) is 2.98. The second-order valence-electron chi connectivity index (χ2n) is 3.78. The minimum absolute atomic E-state index is 0.0932. The van der Waals surface area contributed by atoms with E-state index in [1.165, 1.54) is 6.07 Å². The third-order valence-electron chi connectivity index (χ3n) is 2.46. The lowest BCUT2D eigenvalue weighted by atomic mass is 10.1. The molecule has 0 saturated carbocycles. The van der Waals surface area contributed by atoms with Crippen molar-refractivity contribution in [3.8, 4) is 0 Å². The van der Waals surface area contributed by atoms with Crippen molar-refractivity contribution in [3.05, 3.63) is 58.6 Å². The van der Waals surface area contributed by atoms with Crippen molar-refractivity contribution in [2.24, 2.45) is 5.73 Å². The SMILES string of the molecule is NC(=S)c1c(Cl)cccc1Nc1ccc(F)cc1F. The van der Waals surface area contributed by atoms with E-state index in [-0.39, 0.29) is 10.7 Å². The fourth-order valence-corrected chi connectivity index (χ4v) is 2.17. The molecule has 2 nitrogen and oxygen atoms in total. The van der Waals surface area contributed by atoms with E-state index in [0.29, 0.717) is 16.3 Å². The maximum absolute atomic E-state index is 13.6. The van der Waals surface area contributed by atoms with E-state index in [1.54, 1.807) is 18.2 Å². The summed E-state index contributed by atoms with van der Waals surface area (Å²) in [5, 5.41) is 3.16. The molecule has 0 radical (unpaired) electrons. The van der Waals surface area contributed by atoms with Crippen LogP contribution in [0.3, 0.4) is 0 Å². The number of benzene rings is 2. The lowest BCUT2D eigenvalue weighted by Crippen LogP contribution is -2.13. The van der Waals surface area contributed by atoms with E-state index in [0.717, 1.165) is 12.1 Å². The Morgan fingerprint density at radius 1 is 1.16 bits per heavy atom. The van der Waals surface area contributed by atoms with E-state index < -0.39 is 11.6 Å². The second-order valence-corrected chi connectivity index (χ2v) is 4.62. The van der Waals surface area contributed by atoms with E-state index in [4.69, 9.17) is 29.6 Å². The van der Waals surface area contributed by atoms with Crippen LogP contribution in [-0.2, 0) is 0 Å². The highest BCUT2D eigenvalue weighted by molar-refractivity contribution is 7.80. The lowest BCUT2D eigenvalue weighted by molar-refractivity contribution is 0.586. The highest BCUT2D eigenvalue weighted by Crippen LogP contribution is 2.28. The van der Waals surface area contributed by atoms with Crippen LogP contribution in [0.5, 0.6) is 0 Å². The monoisotopic (exact) mass is 298 g/mol. The predicted molar refractivity (Wildman–Crippen MR) is 77.0 cm³/mol. The quantitative estimate of drug-likeness (QED) is 0.841. The summed E-state index contributed by atoms with van der Waals surface area (Å²) in [5.41, 5.74) is 6.58. The van der Waals surface area contributed by atoms with Gasteiger partial charge in [-0.2, -0.15) is 0 Å². The average Bonchev–Trinajstić information content (AvgIpc) is 2.32. The lowest BCUT2D eigenvalue weighted by Gasteiger charge is -2.13. The van der Waals surface area contributed by atoms with Gasteiger partial charge >= 0.3 is 0 Å². The Bertz CT molecular complexity index is 647. The zero-order chi connectivity index (χ0) is 14.0. The van der Waals surface area contributed by atoms with E-state index in [2.05, 4.69) is 5.32 Å². The largest absolute Gasteiger partial charge is 0.389 e. The van der Waals surface area contributed by atoms with Gasteiger partial charge in [-0.05, 0) is 24.3 Å². The average molecular weight is 299 g/mol. The number of halogens is 3. The molecule has 2 aromatic rings. The predicted octanol–water partition coefficient (Wildman–Crippen LogP) is 4.00. The molecule has 6 heteroatoms. The number of hydrogen-bond acceptors (Lipinski definition) is 2. The van der Waals surface area contributed by atoms with Crippen LogP contribution < -0.4 is 11.1 Å². The highest BCUT2D eigenvalue weighted by atomic mass is 35.5. The third kappa shape index (κ3) is 3.00. The smallest absolute Gasteiger partial charge is 0.149 e. The molecule has 0 aromatic heterocycles. The van der Waals surface area contributed by atoms with E-state index in [9.17, 15) is 8.78 Å². The van der Waals surface area contributed by atoms with Gasteiger partial charge in [0.25, 0.3) is 0 Å². The van der Waals surface area contributed by atoms with Crippen molar-refractivity contribution in [2.75, 3.05) is 5.32 Å². The Morgan fingerprint density at radius 3 is 2.53 bits per heavy atom. The normalized spacial score (nSPS) is 10.3. The zero-order valence-electron chi connectivity index (χ0n) is 9.58. The van der Waals surface area contributed by atoms with Gasteiger partial charge in [0.2, 0.25) is 0 Å². The Balaban J connectivity index is 2.44. The number of hydrogen-bond donors (Lipinski definition) is 2. The summed E-state index contributed by atoms with van der Waals surface area (Å²) >= 11 is 10.9. The van der Waals surface area contributed by atoms with Gasteiger partial charge in [0.1, 0.15) is 16.6 Å². The molecule has 19 heavy (non-hydrogen) atoms.